The number of amides is 1. The minimum atomic E-state index is -0.0939. The second kappa shape index (κ2) is 7.28. The highest BCUT2D eigenvalue weighted by Crippen LogP contribution is 2.30. The number of aromatic amines is 1. The molecule has 0 radical (unpaired) electrons. The van der Waals surface area contributed by atoms with E-state index in [4.69, 9.17) is 0 Å². The second-order valence-corrected chi connectivity index (χ2v) is 8.41. The molecule has 1 aliphatic rings. The van der Waals surface area contributed by atoms with Crippen molar-refractivity contribution in [3.05, 3.63) is 93.3 Å². The zero-order valence-corrected chi connectivity index (χ0v) is 16.4. The molecule has 0 saturated heterocycles. The third kappa shape index (κ3) is 3.25. The summed E-state index contributed by atoms with van der Waals surface area (Å²) in [7, 11) is 0. The lowest BCUT2D eigenvalue weighted by atomic mass is 9.99. The van der Waals surface area contributed by atoms with Crippen LogP contribution in [0.3, 0.4) is 0 Å². The van der Waals surface area contributed by atoms with Gasteiger partial charge in [-0.3, -0.25) is 4.79 Å². The average molecular weight is 387 g/mol. The SMILES string of the molecule is O=C(Cc1c[nH]c2ccccc12)N[C@@H](c1ccc2c(c1)CCC2)c1cccs1. The Labute approximate surface area is 168 Å². The van der Waals surface area contributed by atoms with Gasteiger partial charge in [0.05, 0.1) is 12.5 Å². The number of hydrogen-bond donors (Lipinski definition) is 2. The summed E-state index contributed by atoms with van der Waals surface area (Å²) in [6.45, 7) is 0. The van der Waals surface area contributed by atoms with Gasteiger partial charge in [-0.15, -0.1) is 11.3 Å². The molecule has 2 heterocycles. The van der Waals surface area contributed by atoms with Crippen LogP contribution in [-0.4, -0.2) is 10.9 Å². The summed E-state index contributed by atoms with van der Waals surface area (Å²) in [5.41, 5.74) is 6.17. The van der Waals surface area contributed by atoms with Gasteiger partial charge in [0.15, 0.2) is 0 Å². The molecule has 1 aliphatic carbocycles. The van der Waals surface area contributed by atoms with Gasteiger partial charge in [-0.05, 0) is 59.0 Å². The first-order valence-corrected chi connectivity index (χ1v) is 10.7. The van der Waals surface area contributed by atoms with Crippen molar-refractivity contribution in [2.24, 2.45) is 0 Å². The van der Waals surface area contributed by atoms with E-state index in [1.165, 1.54) is 34.4 Å². The number of H-pyrrole nitrogens is 1. The van der Waals surface area contributed by atoms with Crippen molar-refractivity contribution in [3.63, 3.8) is 0 Å². The first-order chi connectivity index (χ1) is 13.8. The minimum absolute atomic E-state index is 0.0450. The summed E-state index contributed by atoms with van der Waals surface area (Å²) >= 11 is 1.69. The first kappa shape index (κ1) is 17.3. The first-order valence-electron chi connectivity index (χ1n) is 9.77. The number of rotatable bonds is 5. The Morgan fingerprint density at radius 3 is 2.86 bits per heavy atom. The molecule has 0 bridgehead atoms. The second-order valence-electron chi connectivity index (χ2n) is 7.43. The topological polar surface area (TPSA) is 44.9 Å². The van der Waals surface area contributed by atoms with Gasteiger partial charge in [-0.2, -0.15) is 0 Å². The van der Waals surface area contributed by atoms with Gasteiger partial charge in [0, 0.05) is 22.0 Å². The van der Waals surface area contributed by atoms with Crippen molar-refractivity contribution in [2.75, 3.05) is 0 Å². The largest absolute Gasteiger partial charge is 0.361 e. The van der Waals surface area contributed by atoms with Crippen molar-refractivity contribution >= 4 is 28.1 Å². The van der Waals surface area contributed by atoms with Gasteiger partial charge in [0.1, 0.15) is 0 Å². The van der Waals surface area contributed by atoms with Crippen molar-refractivity contribution in [2.45, 2.75) is 31.7 Å². The summed E-state index contributed by atoms with van der Waals surface area (Å²) in [6.07, 6.45) is 5.86. The molecule has 1 amide bonds. The maximum atomic E-state index is 12.9. The van der Waals surface area contributed by atoms with E-state index in [-0.39, 0.29) is 11.9 Å². The Balaban J connectivity index is 1.41. The fraction of sp³-hybridized carbons (Fsp3) is 0.208. The van der Waals surface area contributed by atoms with Crippen molar-refractivity contribution in [1.29, 1.82) is 0 Å². The Hall–Kier alpha value is -2.85. The van der Waals surface area contributed by atoms with Gasteiger partial charge in [-0.25, -0.2) is 0 Å². The average Bonchev–Trinajstić information content (AvgIpc) is 3.47. The lowest BCUT2D eigenvalue weighted by Crippen LogP contribution is -2.30. The minimum Gasteiger partial charge on any atom is -0.361 e. The number of carbonyl (C=O) groups is 1. The standard InChI is InChI=1S/C24H22N2OS/c27-23(14-19-15-25-21-8-2-1-7-20(19)21)26-24(22-9-4-12-28-22)18-11-10-16-5-3-6-17(16)13-18/h1-2,4,7-13,15,24-25H,3,5-6,14H2,(H,26,27)/t24-/m0/s1. The molecule has 28 heavy (non-hydrogen) atoms. The zero-order valence-electron chi connectivity index (χ0n) is 15.6. The normalized spacial score (nSPS) is 14.1. The molecule has 140 valence electrons. The molecule has 0 spiro atoms. The quantitative estimate of drug-likeness (QED) is 0.488. The fourth-order valence-corrected chi connectivity index (χ4v) is 5.01. The molecule has 2 aromatic heterocycles. The third-order valence-corrected chi connectivity index (χ3v) is 6.55. The van der Waals surface area contributed by atoms with Crippen LogP contribution in [0.2, 0.25) is 0 Å². The lowest BCUT2D eigenvalue weighted by Gasteiger charge is -2.19. The van der Waals surface area contributed by atoms with Crippen LogP contribution in [0.1, 0.15) is 39.6 Å². The van der Waals surface area contributed by atoms with E-state index in [9.17, 15) is 4.79 Å². The van der Waals surface area contributed by atoms with Crippen LogP contribution in [0.5, 0.6) is 0 Å². The Morgan fingerprint density at radius 2 is 1.96 bits per heavy atom. The Kier molecular flexibility index (Phi) is 4.49. The van der Waals surface area contributed by atoms with E-state index in [1.54, 1.807) is 11.3 Å². The summed E-state index contributed by atoms with van der Waals surface area (Å²) < 4.78 is 0. The predicted octanol–water partition coefficient (Wildman–Crippen LogP) is 5.17. The molecule has 0 aliphatic heterocycles. The van der Waals surface area contributed by atoms with Crippen LogP contribution < -0.4 is 5.32 Å². The van der Waals surface area contributed by atoms with Crippen LogP contribution in [-0.2, 0) is 24.1 Å². The van der Waals surface area contributed by atoms with Gasteiger partial charge in [0.2, 0.25) is 5.91 Å². The Morgan fingerprint density at radius 1 is 1.07 bits per heavy atom. The number of hydrogen-bond acceptors (Lipinski definition) is 2. The fourth-order valence-electron chi connectivity index (χ4n) is 4.21. The summed E-state index contributed by atoms with van der Waals surface area (Å²) in [5.74, 6) is 0.0450. The molecule has 3 nitrogen and oxygen atoms in total. The number of fused-ring (bicyclic) bond motifs is 2. The molecule has 5 rings (SSSR count). The smallest absolute Gasteiger partial charge is 0.225 e. The molecule has 1 atom stereocenters. The van der Waals surface area contributed by atoms with Gasteiger partial charge in [0.25, 0.3) is 0 Å². The summed E-state index contributed by atoms with van der Waals surface area (Å²) in [4.78, 5) is 17.4. The molecular formula is C24H22N2OS. The van der Waals surface area contributed by atoms with E-state index < -0.39 is 0 Å². The number of para-hydroxylation sites is 1. The molecule has 0 fully saturated rings. The predicted molar refractivity (Wildman–Crippen MR) is 115 cm³/mol. The van der Waals surface area contributed by atoms with Crippen LogP contribution in [0.4, 0.5) is 0 Å². The molecule has 4 heteroatoms. The highest BCUT2D eigenvalue weighted by molar-refractivity contribution is 7.10. The number of aromatic nitrogens is 1. The van der Waals surface area contributed by atoms with Crippen LogP contribution >= 0.6 is 11.3 Å². The number of carbonyl (C=O) groups excluding carboxylic acids is 1. The molecule has 4 aromatic rings. The lowest BCUT2D eigenvalue weighted by molar-refractivity contribution is -0.120. The van der Waals surface area contributed by atoms with E-state index in [0.29, 0.717) is 6.42 Å². The summed E-state index contributed by atoms with van der Waals surface area (Å²) in [5, 5.41) is 6.47. The van der Waals surface area contributed by atoms with Gasteiger partial charge >= 0.3 is 0 Å². The number of thiophene rings is 1. The summed E-state index contributed by atoms with van der Waals surface area (Å²) in [6, 6.07) is 18.9. The highest BCUT2D eigenvalue weighted by Gasteiger charge is 2.21. The molecule has 0 saturated carbocycles. The maximum absolute atomic E-state index is 12.9. The van der Waals surface area contributed by atoms with E-state index >= 15 is 0 Å². The van der Waals surface area contributed by atoms with Gasteiger partial charge in [-0.1, -0.05) is 42.5 Å². The maximum Gasteiger partial charge on any atom is 0.225 e. The van der Waals surface area contributed by atoms with E-state index in [2.05, 4.69) is 46.0 Å². The number of nitrogens with one attached hydrogen (secondary N) is 2. The molecule has 2 aromatic carbocycles. The molecule has 0 unspecified atom stereocenters. The van der Waals surface area contributed by atoms with Crippen LogP contribution in [0.15, 0.2) is 66.2 Å². The van der Waals surface area contributed by atoms with Crippen molar-refractivity contribution in [1.82, 2.24) is 10.3 Å². The van der Waals surface area contributed by atoms with Crippen LogP contribution in [0, 0.1) is 0 Å². The van der Waals surface area contributed by atoms with E-state index in [0.717, 1.165) is 22.9 Å². The number of aryl methyl sites for hydroxylation is 2. The molecular weight excluding hydrogens is 364 g/mol. The van der Waals surface area contributed by atoms with Gasteiger partial charge < -0.3 is 10.3 Å². The zero-order chi connectivity index (χ0) is 18.9. The highest BCUT2D eigenvalue weighted by atomic mass is 32.1. The van der Waals surface area contributed by atoms with Crippen molar-refractivity contribution in [3.8, 4) is 0 Å². The Bertz CT molecular complexity index is 1130. The third-order valence-electron chi connectivity index (χ3n) is 5.61. The van der Waals surface area contributed by atoms with Crippen LogP contribution in [0.25, 0.3) is 10.9 Å². The number of benzene rings is 2. The van der Waals surface area contributed by atoms with Crippen molar-refractivity contribution < 1.29 is 4.79 Å². The van der Waals surface area contributed by atoms with E-state index in [1.807, 2.05) is 30.5 Å². The monoisotopic (exact) mass is 386 g/mol. The molecule has 2 N–H and O–H groups in total.